The predicted octanol–water partition coefficient (Wildman–Crippen LogP) is 1.72. The Morgan fingerprint density at radius 1 is 1.36 bits per heavy atom. The lowest BCUT2D eigenvalue weighted by atomic mass is 10.0. The van der Waals surface area contributed by atoms with Crippen molar-refractivity contribution in [3.05, 3.63) is 11.8 Å². The van der Waals surface area contributed by atoms with Gasteiger partial charge in [-0.3, -0.25) is 9.89 Å². The molecule has 1 aromatic rings. The maximum absolute atomic E-state index is 12.3. The summed E-state index contributed by atoms with van der Waals surface area (Å²) >= 11 is 0. The normalized spacial score (nSPS) is 17.1. The number of aryl methyl sites for hydroxylation is 1. The fraction of sp³-hybridized carbons (Fsp3) is 0.706. The molecule has 0 aliphatic carbocycles. The maximum atomic E-state index is 12.3. The largest absolute Gasteiger partial charge is 0.444 e. The maximum Gasteiger partial charge on any atom is 0.408 e. The molecule has 2 amide bonds. The number of aromatic nitrogens is 2. The van der Waals surface area contributed by atoms with E-state index in [-0.39, 0.29) is 11.9 Å². The number of H-pyrrole nitrogens is 1. The van der Waals surface area contributed by atoms with Gasteiger partial charge in [-0.2, -0.15) is 5.10 Å². The van der Waals surface area contributed by atoms with E-state index < -0.39 is 17.7 Å². The second-order valence-corrected chi connectivity index (χ2v) is 7.55. The van der Waals surface area contributed by atoms with Crippen molar-refractivity contribution in [2.24, 2.45) is 0 Å². The zero-order valence-electron chi connectivity index (χ0n) is 15.7. The first-order valence-corrected chi connectivity index (χ1v) is 8.71. The number of hydrogen-bond donors (Lipinski definition) is 3. The molecule has 1 aromatic heterocycles. The SMILES string of the molecule is Cc1cc(N2CCC(NC(=O)C(C)NC(=O)OC(C)(C)C)CC2)n[nH]1. The van der Waals surface area contributed by atoms with Crippen LogP contribution in [-0.2, 0) is 9.53 Å². The van der Waals surface area contributed by atoms with E-state index in [4.69, 9.17) is 4.74 Å². The first-order valence-electron chi connectivity index (χ1n) is 8.71. The van der Waals surface area contributed by atoms with Crippen LogP contribution in [0.2, 0.25) is 0 Å². The van der Waals surface area contributed by atoms with Crippen LogP contribution in [0.25, 0.3) is 0 Å². The number of aromatic amines is 1. The molecule has 3 N–H and O–H groups in total. The van der Waals surface area contributed by atoms with Crippen LogP contribution in [0.4, 0.5) is 10.6 Å². The van der Waals surface area contributed by atoms with Gasteiger partial charge in [0.05, 0.1) is 0 Å². The van der Waals surface area contributed by atoms with Gasteiger partial charge in [-0.15, -0.1) is 0 Å². The molecular formula is C17H29N5O3. The number of hydrogen-bond acceptors (Lipinski definition) is 5. The number of carbonyl (C=O) groups excluding carboxylic acids is 2. The Bertz CT molecular complexity index is 600. The van der Waals surface area contributed by atoms with Gasteiger partial charge in [0, 0.05) is 30.9 Å². The van der Waals surface area contributed by atoms with E-state index in [9.17, 15) is 9.59 Å². The van der Waals surface area contributed by atoms with Gasteiger partial charge in [0.15, 0.2) is 5.82 Å². The van der Waals surface area contributed by atoms with E-state index in [0.29, 0.717) is 0 Å². The van der Waals surface area contributed by atoms with Crippen LogP contribution in [0.1, 0.15) is 46.2 Å². The van der Waals surface area contributed by atoms with E-state index in [0.717, 1.165) is 37.4 Å². The van der Waals surface area contributed by atoms with Crippen LogP contribution in [0, 0.1) is 6.92 Å². The molecule has 0 spiro atoms. The summed E-state index contributed by atoms with van der Waals surface area (Å²) in [6, 6.07) is 1.49. The average molecular weight is 351 g/mol. The Kier molecular flexibility index (Phi) is 5.92. The molecule has 1 fully saturated rings. The number of rotatable bonds is 4. The molecule has 1 atom stereocenters. The second-order valence-electron chi connectivity index (χ2n) is 7.55. The molecule has 0 bridgehead atoms. The summed E-state index contributed by atoms with van der Waals surface area (Å²) in [4.78, 5) is 26.2. The molecule has 2 heterocycles. The van der Waals surface area contributed by atoms with Crippen LogP contribution in [0.15, 0.2) is 6.07 Å². The summed E-state index contributed by atoms with van der Waals surface area (Å²) in [5.74, 6) is 0.752. The smallest absolute Gasteiger partial charge is 0.408 e. The molecule has 1 aliphatic heterocycles. The van der Waals surface area contributed by atoms with Crippen molar-refractivity contribution < 1.29 is 14.3 Å². The second kappa shape index (κ2) is 7.76. The van der Waals surface area contributed by atoms with Gasteiger partial charge in [-0.25, -0.2) is 4.79 Å². The van der Waals surface area contributed by atoms with E-state index in [1.54, 1.807) is 27.7 Å². The molecule has 1 aliphatic rings. The van der Waals surface area contributed by atoms with E-state index in [2.05, 4.69) is 25.7 Å². The average Bonchev–Trinajstić information content (AvgIpc) is 2.92. The summed E-state index contributed by atoms with van der Waals surface area (Å²) < 4.78 is 5.17. The van der Waals surface area contributed by atoms with E-state index in [1.165, 1.54) is 0 Å². The number of carbonyl (C=O) groups is 2. The first-order chi connectivity index (χ1) is 11.6. The third-order valence-corrected chi connectivity index (χ3v) is 3.98. The fourth-order valence-corrected chi connectivity index (χ4v) is 2.69. The molecule has 0 aromatic carbocycles. The zero-order valence-corrected chi connectivity index (χ0v) is 15.7. The lowest BCUT2D eigenvalue weighted by Gasteiger charge is -2.33. The number of ether oxygens (including phenoxy) is 1. The number of anilines is 1. The molecule has 2 rings (SSSR count). The summed E-state index contributed by atoms with van der Waals surface area (Å²) in [7, 11) is 0. The summed E-state index contributed by atoms with van der Waals surface area (Å²) in [5, 5.41) is 12.8. The third kappa shape index (κ3) is 5.95. The highest BCUT2D eigenvalue weighted by Crippen LogP contribution is 2.18. The van der Waals surface area contributed by atoms with Crippen molar-refractivity contribution >= 4 is 17.8 Å². The molecule has 0 radical (unpaired) electrons. The summed E-state index contributed by atoms with van der Waals surface area (Å²) in [6.07, 6.45) is 1.10. The van der Waals surface area contributed by atoms with E-state index in [1.807, 2.05) is 13.0 Å². The highest BCUT2D eigenvalue weighted by Gasteiger charge is 2.25. The minimum absolute atomic E-state index is 0.103. The fourth-order valence-electron chi connectivity index (χ4n) is 2.69. The quantitative estimate of drug-likeness (QED) is 0.767. The Morgan fingerprint density at radius 3 is 2.52 bits per heavy atom. The van der Waals surface area contributed by atoms with Gasteiger partial charge in [0.1, 0.15) is 11.6 Å². The third-order valence-electron chi connectivity index (χ3n) is 3.98. The number of amides is 2. The van der Waals surface area contributed by atoms with Crippen LogP contribution >= 0.6 is 0 Å². The van der Waals surface area contributed by atoms with Crippen LogP contribution < -0.4 is 15.5 Å². The minimum atomic E-state index is -0.637. The summed E-state index contributed by atoms with van der Waals surface area (Å²) in [5.41, 5.74) is 0.449. The monoisotopic (exact) mass is 351 g/mol. The molecule has 1 saturated heterocycles. The summed E-state index contributed by atoms with van der Waals surface area (Å²) in [6.45, 7) is 10.7. The van der Waals surface area contributed by atoms with Gasteiger partial charge < -0.3 is 20.3 Å². The van der Waals surface area contributed by atoms with Crippen LogP contribution in [-0.4, -0.2) is 53.0 Å². The topological polar surface area (TPSA) is 99.3 Å². The number of alkyl carbamates (subject to hydrolysis) is 1. The number of nitrogens with zero attached hydrogens (tertiary/aromatic N) is 2. The van der Waals surface area contributed by atoms with Crippen molar-refractivity contribution in [2.75, 3.05) is 18.0 Å². The lowest BCUT2D eigenvalue weighted by Crippen LogP contribution is -2.51. The molecule has 1 unspecified atom stereocenters. The van der Waals surface area contributed by atoms with Crippen molar-refractivity contribution in [3.8, 4) is 0 Å². The highest BCUT2D eigenvalue weighted by atomic mass is 16.6. The van der Waals surface area contributed by atoms with Crippen molar-refractivity contribution in [1.82, 2.24) is 20.8 Å². The van der Waals surface area contributed by atoms with Gasteiger partial charge >= 0.3 is 6.09 Å². The highest BCUT2D eigenvalue weighted by molar-refractivity contribution is 5.85. The van der Waals surface area contributed by atoms with Crippen molar-refractivity contribution in [3.63, 3.8) is 0 Å². The Balaban J connectivity index is 1.75. The van der Waals surface area contributed by atoms with Crippen molar-refractivity contribution in [2.45, 2.75) is 65.1 Å². The first kappa shape index (κ1) is 19.1. The Morgan fingerprint density at radius 2 is 2.00 bits per heavy atom. The standard InChI is InChI=1S/C17H29N5O3/c1-11-10-14(21-20-11)22-8-6-13(7-9-22)19-15(23)12(2)18-16(24)25-17(3,4)5/h10,12-13H,6-9H2,1-5H3,(H,18,24)(H,19,23)(H,20,21). The van der Waals surface area contributed by atoms with Gasteiger partial charge in [0.2, 0.25) is 5.91 Å². The molecule has 8 nitrogen and oxygen atoms in total. The Hall–Kier alpha value is -2.25. The predicted molar refractivity (Wildman–Crippen MR) is 95.5 cm³/mol. The molecule has 140 valence electrons. The zero-order chi connectivity index (χ0) is 18.6. The van der Waals surface area contributed by atoms with E-state index >= 15 is 0 Å². The molecule has 8 heteroatoms. The van der Waals surface area contributed by atoms with Crippen LogP contribution in [0.3, 0.4) is 0 Å². The molecule has 0 saturated carbocycles. The molecular weight excluding hydrogens is 322 g/mol. The van der Waals surface area contributed by atoms with Crippen molar-refractivity contribution in [1.29, 1.82) is 0 Å². The molecule has 25 heavy (non-hydrogen) atoms. The van der Waals surface area contributed by atoms with Gasteiger partial charge in [0.25, 0.3) is 0 Å². The minimum Gasteiger partial charge on any atom is -0.444 e. The van der Waals surface area contributed by atoms with Crippen LogP contribution in [0.5, 0.6) is 0 Å². The Labute approximate surface area is 148 Å². The van der Waals surface area contributed by atoms with Gasteiger partial charge in [-0.1, -0.05) is 0 Å². The number of piperidine rings is 1. The number of nitrogens with one attached hydrogen (secondary N) is 3. The lowest BCUT2D eigenvalue weighted by molar-refractivity contribution is -0.123. The van der Waals surface area contributed by atoms with Gasteiger partial charge in [-0.05, 0) is 47.5 Å².